The van der Waals surface area contributed by atoms with Crippen LogP contribution in [0.15, 0.2) is 17.5 Å². The number of esters is 1. The Morgan fingerprint density at radius 1 is 1.56 bits per heavy atom. The molecule has 0 saturated heterocycles. The average molecular weight is 241 g/mol. The van der Waals surface area contributed by atoms with Crippen LogP contribution in [-0.2, 0) is 16.0 Å². The van der Waals surface area contributed by atoms with E-state index in [9.17, 15) is 4.79 Å². The van der Waals surface area contributed by atoms with Crippen LogP contribution in [0.3, 0.4) is 0 Å². The molecule has 3 nitrogen and oxygen atoms in total. The summed E-state index contributed by atoms with van der Waals surface area (Å²) in [5.74, 6) is -0.153. The normalized spacial score (nSPS) is 10.3. The van der Waals surface area contributed by atoms with Gasteiger partial charge >= 0.3 is 5.97 Å². The number of unbranched alkanes of at least 4 members (excludes halogenated alkanes) is 1. The van der Waals surface area contributed by atoms with E-state index in [-0.39, 0.29) is 5.97 Å². The standard InChI is InChI=1S/C12H19NO2S/c1-2-3-8-15-12(14)10-13-7-6-11-5-4-9-16-11/h4-5,9,13H,2-3,6-8,10H2,1H3. The molecule has 1 aromatic heterocycles. The SMILES string of the molecule is CCCCOC(=O)CNCCc1cccs1. The van der Waals surface area contributed by atoms with Gasteiger partial charge in [0.2, 0.25) is 0 Å². The molecule has 90 valence electrons. The minimum Gasteiger partial charge on any atom is -0.465 e. The molecule has 0 fully saturated rings. The maximum Gasteiger partial charge on any atom is 0.319 e. The van der Waals surface area contributed by atoms with Crippen LogP contribution in [0.1, 0.15) is 24.6 Å². The summed E-state index contributed by atoms with van der Waals surface area (Å²) in [4.78, 5) is 12.5. The van der Waals surface area contributed by atoms with Crippen LogP contribution in [0.25, 0.3) is 0 Å². The summed E-state index contributed by atoms with van der Waals surface area (Å²) in [6, 6.07) is 4.14. The van der Waals surface area contributed by atoms with Gasteiger partial charge in [0.25, 0.3) is 0 Å². The molecule has 1 rings (SSSR count). The van der Waals surface area contributed by atoms with Crippen LogP contribution in [0, 0.1) is 0 Å². The third-order valence-corrected chi connectivity index (χ3v) is 3.09. The molecule has 0 radical (unpaired) electrons. The molecular formula is C12H19NO2S. The second-order valence-electron chi connectivity index (χ2n) is 3.58. The second kappa shape index (κ2) is 8.30. The summed E-state index contributed by atoms with van der Waals surface area (Å²) in [6.45, 7) is 3.76. The van der Waals surface area contributed by atoms with E-state index in [2.05, 4.69) is 23.7 Å². The third-order valence-electron chi connectivity index (χ3n) is 2.16. The molecule has 4 heteroatoms. The average Bonchev–Trinajstić information content (AvgIpc) is 2.78. The molecule has 1 N–H and O–H groups in total. The van der Waals surface area contributed by atoms with E-state index in [4.69, 9.17) is 4.74 Å². The number of rotatable bonds is 8. The molecule has 1 heterocycles. The third kappa shape index (κ3) is 5.88. The van der Waals surface area contributed by atoms with Crippen molar-refractivity contribution in [3.05, 3.63) is 22.4 Å². The Kier molecular flexibility index (Phi) is 6.85. The van der Waals surface area contributed by atoms with Crippen LogP contribution >= 0.6 is 11.3 Å². The van der Waals surface area contributed by atoms with Crippen LogP contribution in [-0.4, -0.2) is 25.7 Å². The van der Waals surface area contributed by atoms with Gasteiger partial charge in [0, 0.05) is 11.4 Å². The van der Waals surface area contributed by atoms with Crippen molar-refractivity contribution in [2.24, 2.45) is 0 Å². The van der Waals surface area contributed by atoms with Gasteiger partial charge in [0.1, 0.15) is 0 Å². The van der Waals surface area contributed by atoms with E-state index in [1.54, 1.807) is 11.3 Å². The predicted octanol–water partition coefficient (Wildman–Crippen LogP) is 2.22. The highest BCUT2D eigenvalue weighted by atomic mass is 32.1. The van der Waals surface area contributed by atoms with Gasteiger partial charge in [0.15, 0.2) is 0 Å². The van der Waals surface area contributed by atoms with E-state index in [1.807, 2.05) is 6.07 Å². The van der Waals surface area contributed by atoms with Gasteiger partial charge in [-0.05, 0) is 24.3 Å². The Morgan fingerprint density at radius 2 is 2.44 bits per heavy atom. The zero-order chi connectivity index (χ0) is 11.6. The lowest BCUT2D eigenvalue weighted by molar-refractivity contribution is -0.142. The molecule has 0 aliphatic rings. The molecule has 0 spiro atoms. The lowest BCUT2D eigenvalue weighted by atomic mass is 10.3. The second-order valence-corrected chi connectivity index (χ2v) is 4.61. The topological polar surface area (TPSA) is 38.3 Å². The molecule has 0 bridgehead atoms. The van der Waals surface area contributed by atoms with E-state index in [1.165, 1.54) is 4.88 Å². The van der Waals surface area contributed by atoms with Gasteiger partial charge in [-0.25, -0.2) is 0 Å². The number of hydrogen-bond acceptors (Lipinski definition) is 4. The number of hydrogen-bond donors (Lipinski definition) is 1. The lowest BCUT2D eigenvalue weighted by Crippen LogP contribution is -2.26. The Morgan fingerprint density at radius 3 is 3.12 bits per heavy atom. The molecule has 0 atom stereocenters. The largest absolute Gasteiger partial charge is 0.465 e. The monoisotopic (exact) mass is 241 g/mol. The number of nitrogens with one attached hydrogen (secondary N) is 1. The minimum atomic E-state index is -0.153. The maximum atomic E-state index is 11.2. The fourth-order valence-electron chi connectivity index (χ4n) is 1.24. The van der Waals surface area contributed by atoms with Crippen LogP contribution in [0.5, 0.6) is 0 Å². The first-order valence-corrected chi connectivity index (χ1v) is 6.59. The summed E-state index contributed by atoms with van der Waals surface area (Å²) in [6.07, 6.45) is 2.97. The van der Waals surface area contributed by atoms with Crippen molar-refractivity contribution in [2.45, 2.75) is 26.2 Å². The molecule has 0 unspecified atom stereocenters. The molecule has 1 aromatic rings. The van der Waals surface area contributed by atoms with E-state index in [0.29, 0.717) is 13.2 Å². The van der Waals surface area contributed by atoms with Crippen LogP contribution < -0.4 is 5.32 Å². The Balaban J connectivity index is 1.96. The van der Waals surface area contributed by atoms with Gasteiger partial charge in [-0.3, -0.25) is 4.79 Å². The smallest absolute Gasteiger partial charge is 0.319 e. The summed E-state index contributed by atoms with van der Waals surface area (Å²) in [7, 11) is 0. The van der Waals surface area contributed by atoms with Crippen molar-refractivity contribution in [2.75, 3.05) is 19.7 Å². The summed E-state index contributed by atoms with van der Waals surface area (Å²) >= 11 is 1.74. The Hall–Kier alpha value is -0.870. The summed E-state index contributed by atoms with van der Waals surface area (Å²) in [5, 5.41) is 5.15. The van der Waals surface area contributed by atoms with Crippen molar-refractivity contribution in [3.63, 3.8) is 0 Å². The minimum absolute atomic E-state index is 0.153. The van der Waals surface area contributed by atoms with E-state index in [0.717, 1.165) is 25.8 Å². The summed E-state index contributed by atoms with van der Waals surface area (Å²) in [5.41, 5.74) is 0. The van der Waals surface area contributed by atoms with Crippen LogP contribution in [0.4, 0.5) is 0 Å². The van der Waals surface area contributed by atoms with Crippen LogP contribution in [0.2, 0.25) is 0 Å². The summed E-state index contributed by atoms with van der Waals surface area (Å²) < 4.78 is 5.02. The first kappa shape index (κ1) is 13.2. The van der Waals surface area contributed by atoms with E-state index < -0.39 is 0 Å². The van der Waals surface area contributed by atoms with Gasteiger partial charge in [-0.15, -0.1) is 11.3 Å². The number of carbonyl (C=O) groups is 1. The van der Waals surface area contributed by atoms with Crippen molar-refractivity contribution < 1.29 is 9.53 Å². The molecule has 16 heavy (non-hydrogen) atoms. The predicted molar refractivity (Wildman–Crippen MR) is 66.8 cm³/mol. The van der Waals surface area contributed by atoms with Gasteiger partial charge in [-0.2, -0.15) is 0 Å². The van der Waals surface area contributed by atoms with Gasteiger partial charge < -0.3 is 10.1 Å². The highest BCUT2D eigenvalue weighted by Gasteiger charge is 2.01. The lowest BCUT2D eigenvalue weighted by Gasteiger charge is -2.04. The van der Waals surface area contributed by atoms with Crippen molar-refractivity contribution in [1.82, 2.24) is 5.32 Å². The molecule has 0 saturated carbocycles. The zero-order valence-corrected chi connectivity index (χ0v) is 10.5. The number of thiophene rings is 1. The molecule has 0 aliphatic carbocycles. The first-order valence-electron chi connectivity index (χ1n) is 5.71. The van der Waals surface area contributed by atoms with Crippen molar-refractivity contribution in [3.8, 4) is 0 Å². The Bertz CT molecular complexity index is 285. The van der Waals surface area contributed by atoms with Crippen molar-refractivity contribution >= 4 is 17.3 Å². The maximum absolute atomic E-state index is 11.2. The van der Waals surface area contributed by atoms with Crippen molar-refractivity contribution in [1.29, 1.82) is 0 Å². The first-order chi connectivity index (χ1) is 7.83. The highest BCUT2D eigenvalue weighted by molar-refractivity contribution is 7.09. The Labute approximate surface area is 101 Å². The number of ether oxygens (including phenoxy) is 1. The van der Waals surface area contributed by atoms with Gasteiger partial charge in [0.05, 0.1) is 13.2 Å². The molecule has 0 aromatic carbocycles. The fraction of sp³-hybridized carbons (Fsp3) is 0.583. The molecular weight excluding hydrogens is 222 g/mol. The molecule has 0 aliphatic heterocycles. The fourth-order valence-corrected chi connectivity index (χ4v) is 1.95. The van der Waals surface area contributed by atoms with E-state index >= 15 is 0 Å². The zero-order valence-electron chi connectivity index (χ0n) is 9.70. The number of carbonyl (C=O) groups excluding carboxylic acids is 1. The quantitative estimate of drug-likeness (QED) is 0.560. The molecule has 0 amide bonds. The van der Waals surface area contributed by atoms with Gasteiger partial charge in [-0.1, -0.05) is 19.4 Å². The highest BCUT2D eigenvalue weighted by Crippen LogP contribution is 2.07.